The Hall–Kier alpha value is -2.56. The lowest BCUT2D eigenvalue weighted by Gasteiger charge is -2.17. The first-order chi connectivity index (χ1) is 15.3. The van der Waals surface area contributed by atoms with Gasteiger partial charge in [-0.25, -0.2) is 0 Å². The highest BCUT2D eigenvalue weighted by Crippen LogP contribution is 2.33. The summed E-state index contributed by atoms with van der Waals surface area (Å²) in [7, 11) is 1.64. The van der Waals surface area contributed by atoms with Crippen molar-refractivity contribution in [3.63, 3.8) is 0 Å². The summed E-state index contributed by atoms with van der Waals surface area (Å²) in [6, 6.07) is 13.7. The zero-order chi connectivity index (χ0) is 23.3. The molecule has 0 fully saturated rings. The third-order valence-corrected chi connectivity index (χ3v) is 6.93. The summed E-state index contributed by atoms with van der Waals surface area (Å²) in [6.45, 7) is 8.65. The van der Waals surface area contributed by atoms with Gasteiger partial charge >= 0.3 is 0 Å². The minimum atomic E-state index is 0.0153. The maximum atomic E-state index is 12.5. The molecule has 0 aliphatic carbocycles. The number of methoxy groups -OCH3 is 1. The average Bonchev–Trinajstić information content (AvgIpc) is 3.27. The van der Waals surface area contributed by atoms with Crippen LogP contribution in [0, 0.1) is 6.92 Å². The number of aryl methyl sites for hydroxylation is 2. The molecule has 1 heterocycles. The van der Waals surface area contributed by atoms with E-state index in [1.807, 2.05) is 55.5 Å². The van der Waals surface area contributed by atoms with Crippen molar-refractivity contribution in [2.24, 2.45) is 0 Å². The van der Waals surface area contributed by atoms with Crippen molar-refractivity contribution in [1.29, 1.82) is 0 Å². The molecule has 3 rings (SSSR count). The lowest BCUT2D eigenvalue weighted by Crippen LogP contribution is -2.03. The number of hydrogen-bond donors (Lipinski definition) is 0. The van der Waals surface area contributed by atoms with Crippen molar-refractivity contribution in [3.8, 4) is 11.5 Å². The van der Waals surface area contributed by atoms with Crippen molar-refractivity contribution in [2.45, 2.75) is 46.6 Å². The summed E-state index contributed by atoms with van der Waals surface area (Å²) in [6.07, 6.45) is 4.40. The van der Waals surface area contributed by atoms with Gasteiger partial charge in [-0.1, -0.05) is 44.5 Å². The molecule has 0 unspecified atom stereocenters. The van der Waals surface area contributed by atoms with Gasteiger partial charge in [-0.2, -0.15) is 0 Å². The van der Waals surface area contributed by atoms with Crippen molar-refractivity contribution in [3.05, 3.63) is 85.6 Å². The van der Waals surface area contributed by atoms with Crippen LogP contribution in [0.4, 0.5) is 0 Å². The second-order valence-corrected chi connectivity index (χ2v) is 9.55. The molecule has 0 saturated heterocycles. The normalized spacial score (nSPS) is 11.3. The summed E-state index contributed by atoms with van der Waals surface area (Å²) in [4.78, 5) is 14.5. The second kappa shape index (κ2) is 10.8. The van der Waals surface area contributed by atoms with Crippen LogP contribution in [0.2, 0.25) is 5.02 Å². The molecule has 0 radical (unpaired) electrons. The third kappa shape index (κ3) is 5.81. The fourth-order valence-electron chi connectivity index (χ4n) is 3.37. The molecule has 0 aliphatic rings. The number of allylic oxidation sites excluding steroid dienone is 1. The Morgan fingerprint density at radius 1 is 1.12 bits per heavy atom. The van der Waals surface area contributed by atoms with Crippen molar-refractivity contribution < 1.29 is 14.3 Å². The van der Waals surface area contributed by atoms with Gasteiger partial charge in [0, 0.05) is 15.5 Å². The predicted molar refractivity (Wildman–Crippen MR) is 135 cm³/mol. The van der Waals surface area contributed by atoms with Gasteiger partial charge in [-0.15, -0.1) is 11.3 Å². The number of carbonyl (C=O) groups excluding carboxylic acids is 1. The fourth-order valence-corrected chi connectivity index (χ4v) is 4.41. The first kappa shape index (κ1) is 24.1. The van der Waals surface area contributed by atoms with E-state index < -0.39 is 0 Å². The van der Waals surface area contributed by atoms with Gasteiger partial charge in [0.2, 0.25) is 0 Å². The number of ketones is 1. The molecule has 3 nitrogen and oxygen atoms in total. The quantitative estimate of drug-likeness (QED) is 0.236. The third-order valence-electron chi connectivity index (χ3n) is 5.28. The standard InChI is InChI=1S/C27H29ClO3S/c1-6-21-9-12-27(32-21)24(29)10-7-19-8-11-25(30-5)20(14-19)16-31-26-13-18(4)23(28)15-22(26)17(2)3/h7-15,17H,6,16H2,1-5H3/b10-7+. The molecule has 0 spiro atoms. The Morgan fingerprint density at radius 3 is 2.56 bits per heavy atom. The highest BCUT2D eigenvalue weighted by Gasteiger charge is 2.13. The SMILES string of the molecule is CCc1ccc(C(=O)/C=C/c2ccc(OC)c(COc3cc(C)c(Cl)cc3C(C)C)c2)s1. The first-order valence-corrected chi connectivity index (χ1v) is 11.9. The van der Waals surface area contributed by atoms with Crippen molar-refractivity contribution in [1.82, 2.24) is 0 Å². The molecule has 5 heteroatoms. The van der Waals surface area contributed by atoms with E-state index in [2.05, 4.69) is 20.8 Å². The number of rotatable bonds is 9. The van der Waals surface area contributed by atoms with Crippen LogP contribution in [0.25, 0.3) is 6.08 Å². The van der Waals surface area contributed by atoms with Crippen LogP contribution >= 0.6 is 22.9 Å². The van der Waals surface area contributed by atoms with Crippen LogP contribution in [0.5, 0.6) is 11.5 Å². The molecule has 0 N–H and O–H groups in total. The van der Waals surface area contributed by atoms with Gasteiger partial charge in [-0.3, -0.25) is 4.79 Å². The molecule has 0 atom stereocenters. The maximum absolute atomic E-state index is 12.5. The molecule has 1 aromatic heterocycles. The van der Waals surface area contributed by atoms with Gasteiger partial charge in [-0.05, 0) is 78.4 Å². The summed E-state index contributed by atoms with van der Waals surface area (Å²) in [5.74, 6) is 1.87. The van der Waals surface area contributed by atoms with E-state index in [-0.39, 0.29) is 11.7 Å². The van der Waals surface area contributed by atoms with Crippen LogP contribution in [-0.2, 0) is 13.0 Å². The molecule has 168 valence electrons. The van der Waals surface area contributed by atoms with E-state index in [0.29, 0.717) is 6.61 Å². The highest BCUT2D eigenvalue weighted by atomic mass is 35.5. The molecule has 0 saturated carbocycles. The summed E-state index contributed by atoms with van der Waals surface area (Å²) in [5.41, 5.74) is 3.88. The number of benzene rings is 2. The summed E-state index contributed by atoms with van der Waals surface area (Å²) in [5, 5.41) is 0.743. The van der Waals surface area contributed by atoms with E-state index in [4.69, 9.17) is 21.1 Å². The molecule has 0 aliphatic heterocycles. The molecule has 0 amide bonds. The van der Waals surface area contributed by atoms with Gasteiger partial charge in [0.25, 0.3) is 0 Å². The Balaban J connectivity index is 1.80. The van der Waals surface area contributed by atoms with Gasteiger partial charge in [0.1, 0.15) is 18.1 Å². The number of halogens is 1. The van der Waals surface area contributed by atoms with E-state index in [9.17, 15) is 4.79 Å². The molecule has 0 bridgehead atoms. The maximum Gasteiger partial charge on any atom is 0.195 e. The predicted octanol–water partition coefficient (Wildman–Crippen LogP) is 7.88. The monoisotopic (exact) mass is 468 g/mol. The van der Waals surface area contributed by atoms with Gasteiger partial charge in [0.05, 0.1) is 12.0 Å². The minimum Gasteiger partial charge on any atom is -0.496 e. The van der Waals surface area contributed by atoms with Crippen molar-refractivity contribution >= 4 is 34.8 Å². The van der Waals surface area contributed by atoms with E-state index in [0.717, 1.165) is 50.1 Å². The molecule has 2 aromatic carbocycles. The number of ether oxygens (including phenoxy) is 2. The lowest BCUT2D eigenvalue weighted by molar-refractivity contribution is 0.105. The van der Waals surface area contributed by atoms with Crippen LogP contribution in [0.3, 0.4) is 0 Å². The van der Waals surface area contributed by atoms with Crippen LogP contribution < -0.4 is 9.47 Å². The summed E-state index contributed by atoms with van der Waals surface area (Å²) < 4.78 is 11.7. The first-order valence-electron chi connectivity index (χ1n) is 10.7. The second-order valence-electron chi connectivity index (χ2n) is 7.97. The van der Waals surface area contributed by atoms with Gasteiger partial charge in [0.15, 0.2) is 5.78 Å². The largest absolute Gasteiger partial charge is 0.496 e. The van der Waals surface area contributed by atoms with Gasteiger partial charge < -0.3 is 9.47 Å². The molecule has 32 heavy (non-hydrogen) atoms. The van der Waals surface area contributed by atoms with Crippen LogP contribution in [0.15, 0.2) is 48.5 Å². The zero-order valence-electron chi connectivity index (χ0n) is 19.2. The molecule has 3 aromatic rings. The Kier molecular flexibility index (Phi) is 8.16. The minimum absolute atomic E-state index is 0.0153. The fraction of sp³-hybridized carbons (Fsp3) is 0.296. The van der Waals surface area contributed by atoms with Crippen LogP contribution in [0.1, 0.15) is 63.5 Å². The Labute approximate surface area is 199 Å². The number of thiophene rings is 1. The molecular weight excluding hydrogens is 440 g/mol. The lowest BCUT2D eigenvalue weighted by atomic mass is 10.0. The number of carbonyl (C=O) groups is 1. The smallest absolute Gasteiger partial charge is 0.195 e. The topological polar surface area (TPSA) is 35.5 Å². The van der Waals surface area contributed by atoms with E-state index in [1.54, 1.807) is 24.5 Å². The Morgan fingerprint density at radius 2 is 1.91 bits per heavy atom. The number of hydrogen-bond acceptors (Lipinski definition) is 4. The highest BCUT2D eigenvalue weighted by molar-refractivity contribution is 7.14. The van der Waals surface area contributed by atoms with E-state index >= 15 is 0 Å². The molecular formula is C27H29ClO3S. The average molecular weight is 469 g/mol. The van der Waals surface area contributed by atoms with Crippen LogP contribution in [-0.4, -0.2) is 12.9 Å². The summed E-state index contributed by atoms with van der Waals surface area (Å²) >= 11 is 7.87. The van der Waals surface area contributed by atoms with E-state index in [1.165, 1.54) is 4.88 Å². The Bertz CT molecular complexity index is 1130. The zero-order valence-corrected chi connectivity index (χ0v) is 20.8. The van der Waals surface area contributed by atoms with Crippen molar-refractivity contribution in [2.75, 3.05) is 7.11 Å².